The third-order valence-electron chi connectivity index (χ3n) is 3.67. The molecule has 0 saturated carbocycles. The molecule has 2 unspecified atom stereocenters. The second kappa shape index (κ2) is 5.55. The first kappa shape index (κ1) is 13.1. The van der Waals surface area contributed by atoms with E-state index in [1.54, 1.807) is 0 Å². The summed E-state index contributed by atoms with van der Waals surface area (Å²) in [5.74, 6) is 0.467. The Balaban J connectivity index is 1.98. The predicted octanol–water partition coefficient (Wildman–Crippen LogP) is 1.15. The summed E-state index contributed by atoms with van der Waals surface area (Å²) in [6.45, 7) is 2.00. The molecule has 98 valence electrons. The fourth-order valence-corrected chi connectivity index (χ4v) is 3.00. The molecular weight excluding hydrogens is 242 g/mol. The number of ether oxygens (including phenoxy) is 1. The Bertz CT molecular complexity index is 283. The molecule has 5 heteroatoms. The van der Waals surface area contributed by atoms with E-state index in [0.29, 0.717) is 38.3 Å². The first-order valence-corrected chi connectivity index (χ1v) is 6.84. The van der Waals surface area contributed by atoms with Gasteiger partial charge in [-0.25, -0.2) is 0 Å². The van der Waals surface area contributed by atoms with Crippen LogP contribution < -0.4 is 0 Å². The zero-order chi connectivity index (χ0) is 12.3. The van der Waals surface area contributed by atoms with Crippen molar-refractivity contribution in [1.29, 1.82) is 0 Å². The molecule has 1 amide bonds. The third kappa shape index (κ3) is 3.12. The molecule has 2 rings (SSSR count). The van der Waals surface area contributed by atoms with Gasteiger partial charge in [-0.2, -0.15) is 0 Å². The van der Waals surface area contributed by atoms with E-state index >= 15 is 0 Å². The standard InChI is InChI=1S/C12H20ClNO3/c13-5-2-11(16)14-6-1-4-12(9-14)8-10(15)3-7-17-12/h10,15H,1-9H2. The summed E-state index contributed by atoms with van der Waals surface area (Å²) in [7, 11) is 0. The summed E-state index contributed by atoms with van der Waals surface area (Å²) in [5, 5.41) is 9.75. The zero-order valence-corrected chi connectivity index (χ0v) is 10.8. The molecule has 0 radical (unpaired) electrons. The van der Waals surface area contributed by atoms with E-state index in [1.807, 2.05) is 4.90 Å². The van der Waals surface area contributed by atoms with E-state index in [2.05, 4.69) is 0 Å². The van der Waals surface area contributed by atoms with Crippen molar-refractivity contribution in [3.05, 3.63) is 0 Å². The highest BCUT2D eigenvalue weighted by Gasteiger charge is 2.41. The number of amides is 1. The molecule has 2 atom stereocenters. The number of hydrogen-bond donors (Lipinski definition) is 1. The van der Waals surface area contributed by atoms with Crippen LogP contribution in [0.15, 0.2) is 0 Å². The number of aliphatic hydroxyl groups excluding tert-OH is 1. The molecule has 0 aromatic rings. The van der Waals surface area contributed by atoms with E-state index in [9.17, 15) is 9.90 Å². The lowest BCUT2D eigenvalue weighted by Crippen LogP contribution is -2.55. The highest BCUT2D eigenvalue weighted by atomic mass is 35.5. The monoisotopic (exact) mass is 261 g/mol. The maximum absolute atomic E-state index is 11.8. The van der Waals surface area contributed by atoms with Crippen LogP contribution in [-0.4, -0.2) is 53.2 Å². The minimum atomic E-state index is -0.308. The quantitative estimate of drug-likeness (QED) is 0.759. The number of carbonyl (C=O) groups is 1. The first-order chi connectivity index (χ1) is 8.15. The number of hydrogen-bond acceptors (Lipinski definition) is 3. The van der Waals surface area contributed by atoms with Crippen LogP contribution in [0.3, 0.4) is 0 Å². The summed E-state index contributed by atoms with van der Waals surface area (Å²) in [6.07, 6.45) is 3.34. The Hall–Kier alpha value is -0.320. The molecule has 0 aliphatic carbocycles. The second-order valence-electron chi connectivity index (χ2n) is 5.04. The summed E-state index contributed by atoms with van der Waals surface area (Å²) < 4.78 is 5.85. The van der Waals surface area contributed by atoms with Gasteiger partial charge in [-0.1, -0.05) is 0 Å². The summed E-state index contributed by atoms with van der Waals surface area (Å²) in [4.78, 5) is 13.7. The third-order valence-corrected chi connectivity index (χ3v) is 3.86. The van der Waals surface area contributed by atoms with Crippen molar-refractivity contribution in [3.63, 3.8) is 0 Å². The average molecular weight is 262 g/mol. The zero-order valence-electron chi connectivity index (χ0n) is 10.0. The molecule has 1 spiro atoms. The van der Waals surface area contributed by atoms with Crippen LogP contribution in [0.5, 0.6) is 0 Å². The van der Waals surface area contributed by atoms with E-state index in [1.165, 1.54) is 0 Å². The number of aliphatic hydroxyl groups is 1. The van der Waals surface area contributed by atoms with Gasteiger partial charge in [-0.15, -0.1) is 11.6 Å². The topological polar surface area (TPSA) is 49.8 Å². The minimum absolute atomic E-state index is 0.0998. The van der Waals surface area contributed by atoms with Crippen molar-refractivity contribution in [2.75, 3.05) is 25.6 Å². The molecule has 2 heterocycles. The van der Waals surface area contributed by atoms with Gasteiger partial charge >= 0.3 is 0 Å². The van der Waals surface area contributed by atoms with Crippen LogP contribution in [-0.2, 0) is 9.53 Å². The number of likely N-dealkylation sites (tertiary alicyclic amines) is 1. The number of nitrogens with zero attached hydrogens (tertiary/aromatic N) is 1. The van der Waals surface area contributed by atoms with E-state index in [0.717, 1.165) is 19.4 Å². The van der Waals surface area contributed by atoms with Crippen molar-refractivity contribution in [2.24, 2.45) is 0 Å². The lowest BCUT2D eigenvalue weighted by Gasteiger charge is -2.46. The largest absolute Gasteiger partial charge is 0.393 e. The normalized spacial score (nSPS) is 34.0. The van der Waals surface area contributed by atoms with E-state index in [4.69, 9.17) is 16.3 Å². The maximum atomic E-state index is 11.8. The van der Waals surface area contributed by atoms with Crippen molar-refractivity contribution in [2.45, 2.75) is 43.8 Å². The van der Waals surface area contributed by atoms with Gasteiger partial charge in [-0.3, -0.25) is 4.79 Å². The highest BCUT2D eigenvalue weighted by Crippen LogP contribution is 2.33. The Morgan fingerprint density at radius 2 is 2.41 bits per heavy atom. The molecule has 0 aromatic heterocycles. The first-order valence-electron chi connectivity index (χ1n) is 6.31. The Kier molecular flexibility index (Phi) is 4.28. The Morgan fingerprint density at radius 1 is 1.59 bits per heavy atom. The summed E-state index contributed by atoms with van der Waals surface area (Å²) >= 11 is 5.60. The van der Waals surface area contributed by atoms with Crippen molar-refractivity contribution >= 4 is 17.5 Å². The smallest absolute Gasteiger partial charge is 0.223 e. The van der Waals surface area contributed by atoms with Crippen molar-refractivity contribution in [3.8, 4) is 0 Å². The van der Waals surface area contributed by atoms with E-state index in [-0.39, 0.29) is 17.6 Å². The van der Waals surface area contributed by atoms with Gasteiger partial charge in [-0.05, 0) is 19.3 Å². The van der Waals surface area contributed by atoms with Crippen LogP contribution in [0.1, 0.15) is 32.1 Å². The molecule has 1 N–H and O–H groups in total. The van der Waals surface area contributed by atoms with Gasteiger partial charge in [0.2, 0.25) is 5.91 Å². The fourth-order valence-electron chi connectivity index (χ4n) is 2.84. The van der Waals surface area contributed by atoms with Crippen molar-refractivity contribution < 1.29 is 14.6 Å². The maximum Gasteiger partial charge on any atom is 0.223 e. The van der Waals surface area contributed by atoms with Gasteiger partial charge in [0.1, 0.15) is 0 Å². The molecule has 2 aliphatic rings. The Morgan fingerprint density at radius 3 is 3.12 bits per heavy atom. The SMILES string of the molecule is O=C(CCCl)N1CCCC2(CC(O)CCO2)C1. The molecule has 17 heavy (non-hydrogen) atoms. The Labute approximate surface area is 107 Å². The number of carbonyl (C=O) groups excluding carboxylic acids is 1. The molecule has 2 fully saturated rings. The number of halogens is 1. The fraction of sp³-hybridized carbons (Fsp3) is 0.917. The molecule has 2 aliphatic heterocycles. The molecular formula is C12H20ClNO3. The summed E-state index contributed by atoms with van der Waals surface area (Å²) in [6, 6.07) is 0. The average Bonchev–Trinajstić information content (AvgIpc) is 2.29. The highest BCUT2D eigenvalue weighted by molar-refractivity contribution is 6.18. The van der Waals surface area contributed by atoms with Crippen LogP contribution in [0.2, 0.25) is 0 Å². The van der Waals surface area contributed by atoms with Crippen LogP contribution in [0, 0.1) is 0 Å². The van der Waals surface area contributed by atoms with E-state index < -0.39 is 0 Å². The minimum Gasteiger partial charge on any atom is -0.393 e. The summed E-state index contributed by atoms with van der Waals surface area (Å²) in [5.41, 5.74) is -0.308. The number of alkyl halides is 1. The van der Waals surface area contributed by atoms with Crippen molar-refractivity contribution in [1.82, 2.24) is 4.90 Å². The van der Waals surface area contributed by atoms with Gasteiger partial charge < -0.3 is 14.7 Å². The van der Waals surface area contributed by atoms with Gasteiger partial charge in [0.25, 0.3) is 0 Å². The molecule has 0 bridgehead atoms. The molecule has 4 nitrogen and oxygen atoms in total. The molecule has 2 saturated heterocycles. The lowest BCUT2D eigenvalue weighted by molar-refractivity contribution is -0.160. The molecule has 0 aromatic carbocycles. The van der Waals surface area contributed by atoms with Gasteiger partial charge in [0.15, 0.2) is 0 Å². The van der Waals surface area contributed by atoms with Crippen LogP contribution in [0.4, 0.5) is 0 Å². The second-order valence-corrected chi connectivity index (χ2v) is 5.41. The van der Waals surface area contributed by atoms with Gasteiger partial charge in [0.05, 0.1) is 11.7 Å². The lowest BCUT2D eigenvalue weighted by atomic mass is 9.84. The van der Waals surface area contributed by atoms with Crippen LogP contribution in [0.25, 0.3) is 0 Å². The number of rotatable bonds is 2. The number of piperidine rings is 1. The predicted molar refractivity (Wildman–Crippen MR) is 65.1 cm³/mol. The van der Waals surface area contributed by atoms with Gasteiger partial charge in [0, 0.05) is 38.4 Å². The van der Waals surface area contributed by atoms with Crippen LogP contribution >= 0.6 is 11.6 Å².